The van der Waals surface area contributed by atoms with Gasteiger partial charge in [-0.25, -0.2) is 9.97 Å². The molecular formula is C25H19N7O2. The SMILES string of the molecule is Cc1ccncc1-c1cc2cc(NC(=O)C(=O)Nc3cnc4ccccc4c3)ncc2c(N)n1. The van der Waals surface area contributed by atoms with E-state index in [1.165, 1.54) is 12.4 Å². The zero-order valence-corrected chi connectivity index (χ0v) is 18.1. The number of fused-ring (bicyclic) bond motifs is 2. The molecule has 1 aromatic carbocycles. The van der Waals surface area contributed by atoms with Crippen LogP contribution >= 0.6 is 0 Å². The molecule has 2 amide bonds. The van der Waals surface area contributed by atoms with Crippen LogP contribution in [0.15, 0.2) is 73.3 Å². The number of nitrogens with one attached hydrogen (secondary N) is 2. The Morgan fingerprint density at radius 3 is 2.56 bits per heavy atom. The van der Waals surface area contributed by atoms with Crippen molar-refractivity contribution in [3.05, 3.63) is 78.9 Å². The van der Waals surface area contributed by atoms with Gasteiger partial charge in [0.1, 0.15) is 11.6 Å². The predicted octanol–water partition coefficient (Wildman–Crippen LogP) is 3.71. The minimum absolute atomic E-state index is 0.212. The van der Waals surface area contributed by atoms with Crippen molar-refractivity contribution in [1.82, 2.24) is 19.9 Å². The van der Waals surface area contributed by atoms with Gasteiger partial charge in [0.05, 0.1) is 23.1 Å². The maximum Gasteiger partial charge on any atom is 0.315 e. The smallest absolute Gasteiger partial charge is 0.315 e. The first kappa shape index (κ1) is 21.0. The van der Waals surface area contributed by atoms with Crippen molar-refractivity contribution >= 4 is 50.8 Å². The molecule has 0 radical (unpaired) electrons. The van der Waals surface area contributed by atoms with Crippen LogP contribution in [0, 0.1) is 6.92 Å². The fourth-order valence-corrected chi connectivity index (χ4v) is 3.61. The molecule has 0 aliphatic heterocycles. The van der Waals surface area contributed by atoms with Crippen molar-refractivity contribution in [1.29, 1.82) is 0 Å². The third kappa shape index (κ3) is 4.09. The summed E-state index contributed by atoms with van der Waals surface area (Å²) in [4.78, 5) is 42.0. The van der Waals surface area contributed by atoms with Crippen LogP contribution in [-0.4, -0.2) is 31.8 Å². The largest absolute Gasteiger partial charge is 0.383 e. The number of aryl methyl sites for hydroxylation is 1. The van der Waals surface area contributed by atoms with E-state index in [0.29, 0.717) is 22.6 Å². The zero-order chi connectivity index (χ0) is 23.7. The summed E-state index contributed by atoms with van der Waals surface area (Å²) in [5.74, 6) is -1.17. The van der Waals surface area contributed by atoms with Gasteiger partial charge < -0.3 is 16.4 Å². The third-order valence-electron chi connectivity index (χ3n) is 5.36. The maximum absolute atomic E-state index is 12.5. The van der Waals surface area contributed by atoms with Crippen molar-refractivity contribution in [2.24, 2.45) is 0 Å². The van der Waals surface area contributed by atoms with Crippen LogP contribution in [0.2, 0.25) is 0 Å². The Balaban J connectivity index is 1.37. The first-order valence-corrected chi connectivity index (χ1v) is 10.4. The Morgan fingerprint density at radius 1 is 0.882 bits per heavy atom. The van der Waals surface area contributed by atoms with Crippen molar-refractivity contribution in [2.75, 3.05) is 16.4 Å². The van der Waals surface area contributed by atoms with E-state index in [9.17, 15) is 9.59 Å². The molecule has 5 aromatic rings. The quantitative estimate of drug-likeness (QED) is 0.357. The van der Waals surface area contributed by atoms with E-state index in [-0.39, 0.29) is 5.82 Å². The van der Waals surface area contributed by atoms with Gasteiger partial charge in [-0.2, -0.15) is 0 Å². The first-order valence-electron chi connectivity index (χ1n) is 10.4. The molecule has 166 valence electrons. The van der Waals surface area contributed by atoms with Gasteiger partial charge in [0.15, 0.2) is 0 Å². The summed E-state index contributed by atoms with van der Waals surface area (Å²) in [6.07, 6.45) is 6.44. The lowest BCUT2D eigenvalue weighted by atomic mass is 10.1. The summed E-state index contributed by atoms with van der Waals surface area (Å²) in [5, 5.41) is 7.29. The lowest BCUT2D eigenvalue weighted by Crippen LogP contribution is -2.29. The number of para-hydroxylation sites is 1. The summed E-state index contributed by atoms with van der Waals surface area (Å²) in [6.45, 7) is 1.96. The van der Waals surface area contributed by atoms with E-state index in [0.717, 1.165) is 27.4 Å². The van der Waals surface area contributed by atoms with Gasteiger partial charge in [-0.1, -0.05) is 18.2 Å². The highest BCUT2D eigenvalue weighted by Crippen LogP contribution is 2.28. The molecule has 4 N–H and O–H groups in total. The molecular weight excluding hydrogens is 430 g/mol. The van der Waals surface area contributed by atoms with Gasteiger partial charge >= 0.3 is 11.8 Å². The van der Waals surface area contributed by atoms with Gasteiger partial charge in [0, 0.05) is 34.9 Å². The molecule has 0 fully saturated rings. The van der Waals surface area contributed by atoms with E-state index in [4.69, 9.17) is 5.73 Å². The van der Waals surface area contributed by atoms with E-state index >= 15 is 0 Å². The number of aromatic nitrogens is 4. The molecule has 0 aliphatic rings. The first-order chi connectivity index (χ1) is 16.5. The molecule has 34 heavy (non-hydrogen) atoms. The van der Waals surface area contributed by atoms with Gasteiger partial charge in [-0.3, -0.25) is 19.6 Å². The summed E-state index contributed by atoms with van der Waals surface area (Å²) >= 11 is 0. The van der Waals surface area contributed by atoms with E-state index in [1.54, 1.807) is 24.5 Å². The van der Waals surface area contributed by atoms with Crippen molar-refractivity contribution in [3.63, 3.8) is 0 Å². The Kier molecular flexibility index (Phi) is 5.27. The molecule has 9 heteroatoms. The van der Waals surface area contributed by atoms with Gasteiger partial charge in [0.25, 0.3) is 0 Å². The number of carbonyl (C=O) groups is 2. The highest BCUT2D eigenvalue weighted by atomic mass is 16.2. The summed E-state index contributed by atoms with van der Waals surface area (Å²) in [5.41, 5.74) is 9.86. The number of anilines is 3. The number of hydrogen-bond donors (Lipinski definition) is 3. The third-order valence-corrected chi connectivity index (χ3v) is 5.36. The molecule has 0 saturated carbocycles. The van der Waals surface area contributed by atoms with E-state index < -0.39 is 11.8 Å². The molecule has 4 aromatic heterocycles. The zero-order valence-electron chi connectivity index (χ0n) is 18.1. The van der Waals surface area contributed by atoms with Gasteiger partial charge in [-0.05, 0) is 48.2 Å². The standard InChI is InChI=1S/C25H19N7O2/c1-14-6-7-27-12-18(14)21-9-16-10-22(29-13-19(16)23(26)31-21)32-25(34)24(33)30-17-8-15-4-2-3-5-20(15)28-11-17/h2-13H,1H3,(H2,26,31)(H,30,33)(H,29,32,34). The number of nitrogens with two attached hydrogens (primary N) is 1. The van der Waals surface area contributed by atoms with Crippen LogP contribution in [0.1, 0.15) is 5.56 Å². The summed E-state index contributed by atoms with van der Waals surface area (Å²) in [6, 6.07) is 14.6. The van der Waals surface area contributed by atoms with Crippen molar-refractivity contribution in [3.8, 4) is 11.3 Å². The molecule has 0 bridgehead atoms. The Labute approximate surface area is 194 Å². The number of amides is 2. The molecule has 0 spiro atoms. The number of nitrogens with zero attached hydrogens (tertiary/aromatic N) is 4. The molecule has 4 heterocycles. The lowest BCUT2D eigenvalue weighted by Gasteiger charge is -2.10. The van der Waals surface area contributed by atoms with Crippen molar-refractivity contribution < 1.29 is 9.59 Å². The molecule has 9 nitrogen and oxygen atoms in total. The summed E-state index contributed by atoms with van der Waals surface area (Å²) < 4.78 is 0. The predicted molar refractivity (Wildman–Crippen MR) is 131 cm³/mol. The van der Waals surface area contributed by atoms with Crippen LogP contribution in [0.3, 0.4) is 0 Å². The molecule has 0 aliphatic carbocycles. The van der Waals surface area contributed by atoms with Gasteiger partial charge in [0.2, 0.25) is 0 Å². The molecule has 0 unspecified atom stereocenters. The van der Waals surface area contributed by atoms with Crippen LogP contribution in [0.4, 0.5) is 17.3 Å². The number of hydrogen-bond acceptors (Lipinski definition) is 7. The maximum atomic E-state index is 12.5. The number of benzene rings is 1. The average molecular weight is 449 g/mol. The number of nitrogen functional groups attached to an aromatic ring is 1. The van der Waals surface area contributed by atoms with Gasteiger partial charge in [-0.15, -0.1) is 0 Å². The highest BCUT2D eigenvalue weighted by Gasteiger charge is 2.16. The topological polar surface area (TPSA) is 136 Å². The van der Waals surface area contributed by atoms with E-state index in [2.05, 4.69) is 30.6 Å². The number of pyridine rings is 4. The molecule has 5 rings (SSSR count). The Morgan fingerprint density at radius 2 is 1.71 bits per heavy atom. The minimum atomic E-state index is -0.856. The van der Waals surface area contributed by atoms with Crippen LogP contribution in [0.25, 0.3) is 32.9 Å². The summed E-state index contributed by atoms with van der Waals surface area (Å²) in [7, 11) is 0. The normalized spacial score (nSPS) is 10.9. The lowest BCUT2D eigenvalue weighted by molar-refractivity contribution is -0.133. The second-order valence-corrected chi connectivity index (χ2v) is 7.70. The van der Waals surface area contributed by atoms with Crippen LogP contribution in [-0.2, 0) is 9.59 Å². The highest BCUT2D eigenvalue weighted by molar-refractivity contribution is 6.43. The monoisotopic (exact) mass is 449 g/mol. The second-order valence-electron chi connectivity index (χ2n) is 7.70. The Hall–Kier alpha value is -4.92. The fourth-order valence-electron chi connectivity index (χ4n) is 3.61. The Bertz CT molecular complexity index is 1580. The molecule has 0 saturated heterocycles. The average Bonchev–Trinajstić information content (AvgIpc) is 2.84. The van der Waals surface area contributed by atoms with E-state index in [1.807, 2.05) is 43.3 Å². The number of rotatable bonds is 3. The second kappa shape index (κ2) is 8.55. The van der Waals surface area contributed by atoms with Crippen LogP contribution < -0.4 is 16.4 Å². The fraction of sp³-hybridized carbons (Fsp3) is 0.0400. The number of carbonyl (C=O) groups excluding carboxylic acids is 2. The van der Waals surface area contributed by atoms with Crippen LogP contribution in [0.5, 0.6) is 0 Å². The molecule has 0 atom stereocenters. The minimum Gasteiger partial charge on any atom is -0.383 e. The van der Waals surface area contributed by atoms with Crippen molar-refractivity contribution in [2.45, 2.75) is 6.92 Å².